The van der Waals surface area contributed by atoms with E-state index in [9.17, 15) is 0 Å². The summed E-state index contributed by atoms with van der Waals surface area (Å²) in [6.07, 6.45) is 5.13. The van der Waals surface area contributed by atoms with Gasteiger partial charge in [0.1, 0.15) is 0 Å². The summed E-state index contributed by atoms with van der Waals surface area (Å²) in [6.45, 7) is 8.48. The smallest absolute Gasteiger partial charge is 0.193 e. The lowest BCUT2D eigenvalue weighted by Crippen LogP contribution is -2.38. The first-order chi connectivity index (χ1) is 11.7. The highest BCUT2D eigenvalue weighted by molar-refractivity contribution is 14.0. The number of aliphatic imine (C=N–C) groups is 1. The fourth-order valence-corrected chi connectivity index (χ4v) is 3.31. The lowest BCUT2D eigenvalue weighted by Gasteiger charge is -2.22. The van der Waals surface area contributed by atoms with Gasteiger partial charge in [0, 0.05) is 31.7 Å². The van der Waals surface area contributed by atoms with Crippen LogP contribution in [0.4, 0.5) is 0 Å². The van der Waals surface area contributed by atoms with Crippen molar-refractivity contribution < 1.29 is 0 Å². The number of nitrogens with one attached hydrogen (secondary N) is 1. The molecule has 1 N–H and O–H groups in total. The standard InChI is InChI=1S/C19H31ClN4.HI/c1-3-21-19(22-11-4-5-12-24-13-6-7-14-24)23(2)16-17-9-8-10-18(20)15-17;/h8-10,15H,3-7,11-14,16H2,1-2H3,(H,21,22);1H. The van der Waals surface area contributed by atoms with Gasteiger partial charge in [-0.25, -0.2) is 0 Å². The molecule has 0 aromatic heterocycles. The summed E-state index contributed by atoms with van der Waals surface area (Å²) in [5.41, 5.74) is 1.20. The molecule has 2 rings (SSSR count). The third-order valence-electron chi connectivity index (χ3n) is 4.35. The molecule has 0 radical (unpaired) electrons. The molecule has 6 heteroatoms. The molecule has 4 nitrogen and oxygen atoms in total. The minimum Gasteiger partial charge on any atom is -0.357 e. The number of halogens is 2. The van der Waals surface area contributed by atoms with Crippen molar-refractivity contribution in [3.63, 3.8) is 0 Å². The van der Waals surface area contributed by atoms with Crippen molar-refractivity contribution in [3.8, 4) is 0 Å². The molecule has 0 atom stereocenters. The van der Waals surface area contributed by atoms with Gasteiger partial charge in [-0.15, -0.1) is 24.0 Å². The Morgan fingerprint density at radius 3 is 2.72 bits per heavy atom. The Hall–Kier alpha value is -0.530. The summed E-state index contributed by atoms with van der Waals surface area (Å²) in [7, 11) is 2.08. The number of rotatable bonds is 8. The number of hydrogen-bond acceptors (Lipinski definition) is 2. The molecule has 1 aromatic rings. The summed E-state index contributed by atoms with van der Waals surface area (Å²) in [4.78, 5) is 9.51. The van der Waals surface area contributed by atoms with Crippen LogP contribution in [0, 0.1) is 0 Å². The molecular weight excluding hydrogens is 447 g/mol. The van der Waals surface area contributed by atoms with Gasteiger partial charge in [0.15, 0.2) is 5.96 Å². The molecule has 1 aliphatic heterocycles. The molecule has 1 heterocycles. The molecule has 0 spiro atoms. The first kappa shape index (κ1) is 22.5. The fraction of sp³-hybridized carbons (Fsp3) is 0.632. The van der Waals surface area contributed by atoms with Crippen molar-refractivity contribution in [1.82, 2.24) is 15.1 Å². The van der Waals surface area contributed by atoms with Gasteiger partial charge in [-0.1, -0.05) is 23.7 Å². The lowest BCUT2D eigenvalue weighted by atomic mass is 10.2. The van der Waals surface area contributed by atoms with Gasteiger partial charge < -0.3 is 15.1 Å². The van der Waals surface area contributed by atoms with E-state index in [2.05, 4.69) is 35.2 Å². The Labute approximate surface area is 175 Å². The molecule has 25 heavy (non-hydrogen) atoms. The minimum absolute atomic E-state index is 0. The van der Waals surface area contributed by atoms with Gasteiger partial charge in [0.25, 0.3) is 0 Å². The van der Waals surface area contributed by atoms with E-state index in [0.717, 1.165) is 37.0 Å². The Balaban J connectivity index is 0.00000312. The highest BCUT2D eigenvalue weighted by Gasteiger charge is 2.10. The van der Waals surface area contributed by atoms with Crippen LogP contribution >= 0.6 is 35.6 Å². The van der Waals surface area contributed by atoms with Crippen LogP contribution in [0.3, 0.4) is 0 Å². The van der Waals surface area contributed by atoms with E-state index >= 15 is 0 Å². The van der Waals surface area contributed by atoms with Crippen LogP contribution in [-0.4, -0.2) is 55.5 Å². The zero-order valence-electron chi connectivity index (χ0n) is 15.5. The van der Waals surface area contributed by atoms with Crippen molar-refractivity contribution in [3.05, 3.63) is 34.9 Å². The maximum Gasteiger partial charge on any atom is 0.193 e. The Morgan fingerprint density at radius 1 is 1.28 bits per heavy atom. The van der Waals surface area contributed by atoms with E-state index in [4.69, 9.17) is 16.6 Å². The van der Waals surface area contributed by atoms with E-state index in [-0.39, 0.29) is 24.0 Å². The fourth-order valence-electron chi connectivity index (χ4n) is 3.09. The van der Waals surface area contributed by atoms with Gasteiger partial charge in [0.05, 0.1) is 0 Å². The normalized spacial score (nSPS) is 15.1. The SMILES string of the molecule is CCNC(=NCCCCN1CCCC1)N(C)Cc1cccc(Cl)c1.I. The zero-order valence-corrected chi connectivity index (χ0v) is 18.6. The predicted molar refractivity (Wildman–Crippen MR) is 119 cm³/mol. The summed E-state index contributed by atoms with van der Waals surface area (Å²) in [6, 6.07) is 8.01. The maximum atomic E-state index is 6.07. The molecule has 1 aromatic carbocycles. The van der Waals surface area contributed by atoms with Gasteiger partial charge in [-0.2, -0.15) is 0 Å². The Morgan fingerprint density at radius 2 is 2.04 bits per heavy atom. The largest absolute Gasteiger partial charge is 0.357 e. The summed E-state index contributed by atoms with van der Waals surface area (Å²) in [5, 5.41) is 4.16. The van der Waals surface area contributed by atoms with Crippen LogP contribution in [0.2, 0.25) is 5.02 Å². The van der Waals surface area contributed by atoms with Crippen molar-refractivity contribution in [2.75, 3.05) is 39.8 Å². The predicted octanol–water partition coefficient (Wildman–Crippen LogP) is 4.23. The Bertz CT molecular complexity index is 518. The molecule has 0 saturated carbocycles. The lowest BCUT2D eigenvalue weighted by molar-refractivity contribution is 0.331. The molecule has 0 bridgehead atoms. The quantitative estimate of drug-likeness (QED) is 0.262. The van der Waals surface area contributed by atoms with E-state index in [0.29, 0.717) is 0 Å². The molecule has 1 saturated heterocycles. The number of nitrogens with zero attached hydrogens (tertiary/aromatic N) is 3. The second-order valence-electron chi connectivity index (χ2n) is 6.48. The Kier molecular flexibility index (Phi) is 11.5. The number of likely N-dealkylation sites (tertiary alicyclic amines) is 1. The highest BCUT2D eigenvalue weighted by atomic mass is 127. The second kappa shape index (κ2) is 12.8. The van der Waals surface area contributed by atoms with Crippen LogP contribution in [0.1, 0.15) is 38.2 Å². The summed E-state index contributed by atoms with van der Waals surface area (Å²) in [5.74, 6) is 0.971. The van der Waals surface area contributed by atoms with Crippen molar-refractivity contribution in [2.45, 2.75) is 39.2 Å². The van der Waals surface area contributed by atoms with Crippen LogP contribution < -0.4 is 5.32 Å². The van der Waals surface area contributed by atoms with Crippen LogP contribution in [0.25, 0.3) is 0 Å². The van der Waals surface area contributed by atoms with Crippen LogP contribution in [0.15, 0.2) is 29.3 Å². The van der Waals surface area contributed by atoms with E-state index in [1.165, 1.54) is 44.5 Å². The van der Waals surface area contributed by atoms with Gasteiger partial charge in [-0.05, 0) is 69.9 Å². The maximum absolute atomic E-state index is 6.07. The molecule has 142 valence electrons. The van der Waals surface area contributed by atoms with E-state index in [1.54, 1.807) is 0 Å². The number of hydrogen-bond donors (Lipinski definition) is 1. The number of guanidine groups is 1. The first-order valence-electron chi connectivity index (χ1n) is 9.15. The molecule has 1 fully saturated rings. The second-order valence-corrected chi connectivity index (χ2v) is 6.91. The third kappa shape index (κ3) is 8.60. The van der Waals surface area contributed by atoms with Crippen molar-refractivity contribution >= 4 is 41.5 Å². The molecule has 0 unspecified atom stereocenters. The molecule has 0 amide bonds. The van der Waals surface area contributed by atoms with E-state index < -0.39 is 0 Å². The molecule has 1 aliphatic rings. The van der Waals surface area contributed by atoms with Gasteiger partial charge >= 0.3 is 0 Å². The average molecular weight is 479 g/mol. The summed E-state index contributed by atoms with van der Waals surface area (Å²) >= 11 is 6.07. The van der Waals surface area contributed by atoms with Crippen LogP contribution in [-0.2, 0) is 6.54 Å². The van der Waals surface area contributed by atoms with Crippen molar-refractivity contribution in [1.29, 1.82) is 0 Å². The third-order valence-corrected chi connectivity index (χ3v) is 4.58. The molecule has 0 aliphatic carbocycles. The monoisotopic (exact) mass is 478 g/mol. The number of benzene rings is 1. The van der Waals surface area contributed by atoms with Crippen LogP contribution in [0.5, 0.6) is 0 Å². The van der Waals surface area contributed by atoms with Gasteiger partial charge in [0.2, 0.25) is 0 Å². The molecular formula is C19H32ClIN4. The first-order valence-corrected chi connectivity index (χ1v) is 9.53. The number of unbranched alkanes of at least 4 members (excludes halogenated alkanes) is 1. The van der Waals surface area contributed by atoms with E-state index in [1.807, 2.05) is 18.2 Å². The van der Waals surface area contributed by atoms with Gasteiger partial charge in [-0.3, -0.25) is 4.99 Å². The van der Waals surface area contributed by atoms with Crippen molar-refractivity contribution in [2.24, 2.45) is 4.99 Å². The average Bonchev–Trinajstić information content (AvgIpc) is 3.07. The minimum atomic E-state index is 0. The topological polar surface area (TPSA) is 30.9 Å². The summed E-state index contributed by atoms with van der Waals surface area (Å²) < 4.78 is 0. The highest BCUT2D eigenvalue weighted by Crippen LogP contribution is 2.12. The zero-order chi connectivity index (χ0) is 17.2.